The van der Waals surface area contributed by atoms with E-state index >= 15 is 0 Å². The molecule has 0 saturated heterocycles. The number of carbonyl (C=O) groups excluding carboxylic acids is 1. The number of aliphatic carboxylic acids is 1. The average molecular weight is 231 g/mol. The number of hydrogen-bond acceptors (Lipinski definition) is 5. The minimum atomic E-state index is -1.19. The molecule has 0 bridgehead atoms. The van der Waals surface area contributed by atoms with Gasteiger partial charge in [-0.25, -0.2) is 9.59 Å². The standard InChI is InChI=1S/C10H17NO5/c1-4-16-8(13)5-6(2)11-9(7(3)12)10(14)15/h5,7,9,11-12H,4H2,1-3H3,(H,14,15)/b6-5+/t7?,9-/m0/s1. The molecule has 0 aromatic heterocycles. The van der Waals surface area contributed by atoms with E-state index in [2.05, 4.69) is 10.1 Å². The number of carboxylic acid groups (broad SMARTS) is 1. The average Bonchev–Trinajstić information content (AvgIpc) is 2.13. The highest BCUT2D eigenvalue weighted by Gasteiger charge is 2.22. The molecule has 6 heteroatoms. The van der Waals surface area contributed by atoms with Crippen LogP contribution in [-0.2, 0) is 14.3 Å². The molecular formula is C10H17NO5. The summed E-state index contributed by atoms with van der Waals surface area (Å²) >= 11 is 0. The molecule has 16 heavy (non-hydrogen) atoms. The fraction of sp³-hybridized carbons (Fsp3) is 0.600. The zero-order valence-corrected chi connectivity index (χ0v) is 9.56. The minimum Gasteiger partial charge on any atom is -0.480 e. The number of nitrogens with one attached hydrogen (secondary N) is 1. The van der Waals surface area contributed by atoms with Crippen LogP contribution in [0, 0.1) is 0 Å². The van der Waals surface area contributed by atoms with E-state index in [1.54, 1.807) is 6.92 Å². The molecule has 92 valence electrons. The summed E-state index contributed by atoms with van der Waals surface area (Å²) in [6.45, 7) is 4.80. The first-order valence-electron chi connectivity index (χ1n) is 4.91. The van der Waals surface area contributed by atoms with Crippen LogP contribution in [0.1, 0.15) is 20.8 Å². The molecular weight excluding hydrogens is 214 g/mol. The number of rotatable bonds is 6. The van der Waals surface area contributed by atoms with Crippen LogP contribution >= 0.6 is 0 Å². The normalized spacial score (nSPS) is 15.1. The number of allylic oxidation sites excluding steroid dienone is 1. The first-order valence-corrected chi connectivity index (χ1v) is 4.91. The molecule has 2 atom stereocenters. The number of esters is 1. The molecule has 0 spiro atoms. The molecule has 0 aromatic rings. The highest BCUT2D eigenvalue weighted by Crippen LogP contribution is 1.98. The number of ether oxygens (including phenoxy) is 1. The SMILES string of the molecule is CCOC(=O)/C=C(\C)N[C@H](C(=O)O)C(C)O. The van der Waals surface area contributed by atoms with Gasteiger partial charge in [-0.15, -0.1) is 0 Å². The van der Waals surface area contributed by atoms with Gasteiger partial charge in [-0.1, -0.05) is 0 Å². The molecule has 0 aliphatic rings. The van der Waals surface area contributed by atoms with E-state index in [0.29, 0.717) is 5.70 Å². The van der Waals surface area contributed by atoms with Crippen LogP contribution < -0.4 is 5.32 Å². The van der Waals surface area contributed by atoms with Crippen LogP contribution in [0.15, 0.2) is 11.8 Å². The molecule has 0 aliphatic carbocycles. The number of aliphatic hydroxyl groups is 1. The van der Waals surface area contributed by atoms with E-state index in [-0.39, 0.29) is 6.61 Å². The van der Waals surface area contributed by atoms with Gasteiger partial charge >= 0.3 is 11.9 Å². The summed E-state index contributed by atoms with van der Waals surface area (Å²) < 4.78 is 4.65. The van der Waals surface area contributed by atoms with Crippen molar-refractivity contribution in [1.29, 1.82) is 0 Å². The van der Waals surface area contributed by atoms with E-state index in [1.165, 1.54) is 13.8 Å². The summed E-state index contributed by atoms with van der Waals surface area (Å²) in [5.74, 6) is -1.74. The Morgan fingerprint density at radius 1 is 1.50 bits per heavy atom. The van der Waals surface area contributed by atoms with Gasteiger partial charge < -0.3 is 20.3 Å². The molecule has 1 unspecified atom stereocenters. The third kappa shape index (κ3) is 5.35. The van der Waals surface area contributed by atoms with Gasteiger partial charge in [0.15, 0.2) is 6.04 Å². The summed E-state index contributed by atoms with van der Waals surface area (Å²) in [6.07, 6.45) is 0.0741. The van der Waals surface area contributed by atoms with Gasteiger partial charge in [0.05, 0.1) is 12.7 Å². The third-order valence-electron chi connectivity index (χ3n) is 1.75. The van der Waals surface area contributed by atoms with Crippen molar-refractivity contribution < 1.29 is 24.5 Å². The van der Waals surface area contributed by atoms with Gasteiger partial charge in [-0.2, -0.15) is 0 Å². The number of aliphatic hydroxyl groups excluding tert-OH is 1. The molecule has 0 heterocycles. The Balaban J connectivity index is 4.45. The van der Waals surface area contributed by atoms with Crippen LogP contribution in [0.2, 0.25) is 0 Å². The number of carbonyl (C=O) groups is 2. The Kier molecular flexibility index (Phi) is 6.17. The zero-order valence-electron chi connectivity index (χ0n) is 9.56. The van der Waals surface area contributed by atoms with Crippen molar-refractivity contribution in [1.82, 2.24) is 5.32 Å². The van der Waals surface area contributed by atoms with Gasteiger partial charge in [-0.05, 0) is 20.8 Å². The van der Waals surface area contributed by atoms with Crippen molar-refractivity contribution >= 4 is 11.9 Å². The molecule has 0 radical (unpaired) electrons. The van der Waals surface area contributed by atoms with Crippen LogP contribution in [0.5, 0.6) is 0 Å². The zero-order chi connectivity index (χ0) is 12.7. The van der Waals surface area contributed by atoms with Gasteiger partial charge in [0.2, 0.25) is 0 Å². The van der Waals surface area contributed by atoms with Gasteiger partial charge in [0.25, 0.3) is 0 Å². The maximum atomic E-state index is 11.0. The summed E-state index contributed by atoms with van der Waals surface area (Å²) in [5.41, 5.74) is 0.326. The second-order valence-electron chi connectivity index (χ2n) is 3.28. The number of carboxylic acids is 1. The second-order valence-corrected chi connectivity index (χ2v) is 3.28. The minimum absolute atomic E-state index is 0.251. The van der Waals surface area contributed by atoms with E-state index < -0.39 is 24.1 Å². The van der Waals surface area contributed by atoms with E-state index in [0.717, 1.165) is 6.08 Å². The second kappa shape index (κ2) is 6.84. The summed E-state index contributed by atoms with van der Waals surface area (Å²) in [6, 6.07) is -1.15. The predicted octanol–water partition coefficient (Wildman–Crippen LogP) is -0.123. The lowest BCUT2D eigenvalue weighted by molar-refractivity contribution is -0.142. The quantitative estimate of drug-likeness (QED) is 0.435. The molecule has 0 aromatic carbocycles. The van der Waals surface area contributed by atoms with Crippen LogP contribution in [-0.4, -0.2) is 40.9 Å². The maximum absolute atomic E-state index is 11.0. The van der Waals surface area contributed by atoms with Crippen molar-refractivity contribution in [3.05, 3.63) is 11.8 Å². The molecule has 6 nitrogen and oxygen atoms in total. The highest BCUT2D eigenvalue weighted by molar-refractivity contribution is 5.83. The van der Waals surface area contributed by atoms with Crippen molar-refractivity contribution in [2.24, 2.45) is 0 Å². The van der Waals surface area contributed by atoms with Crippen LogP contribution in [0.3, 0.4) is 0 Å². The largest absolute Gasteiger partial charge is 0.480 e. The summed E-state index contributed by atoms with van der Waals surface area (Å²) in [5, 5.41) is 20.5. The Morgan fingerprint density at radius 2 is 2.06 bits per heavy atom. The first-order chi connectivity index (χ1) is 7.38. The molecule has 0 aliphatic heterocycles. The van der Waals surface area contributed by atoms with E-state index in [9.17, 15) is 14.7 Å². The lowest BCUT2D eigenvalue weighted by Gasteiger charge is -2.18. The van der Waals surface area contributed by atoms with Gasteiger partial charge in [0.1, 0.15) is 0 Å². The predicted molar refractivity (Wildman–Crippen MR) is 56.6 cm³/mol. The Hall–Kier alpha value is -1.56. The molecule has 0 amide bonds. The number of hydrogen-bond donors (Lipinski definition) is 3. The third-order valence-corrected chi connectivity index (χ3v) is 1.75. The van der Waals surface area contributed by atoms with E-state index in [1.807, 2.05) is 0 Å². The monoisotopic (exact) mass is 231 g/mol. The maximum Gasteiger partial charge on any atom is 0.332 e. The molecule has 0 saturated carbocycles. The van der Waals surface area contributed by atoms with Crippen molar-refractivity contribution in [2.75, 3.05) is 6.61 Å². The summed E-state index contributed by atoms with van der Waals surface area (Å²) in [7, 11) is 0. The molecule has 3 N–H and O–H groups in total. The van der Waals surface area contributed by atoms with Crippen molar-refractivity contribution in [3.63, 3.8) is 0 Å². The lowest BCUT2D eigenvalue weighted by Crippen LogP contribution is -2.43. The van der Waals surface area contributed by atoms with Crippen molar-refractivity contribution in [3.8, 4) is 0 Å². The first kappa shape index (κ1) is 14.4. The van der Waals surface area contributed by atoms with Gasteiger partial charge in [-0.3, -0.25) is 0 Å². The molecule has 0 rings (SSSR count). The fourth-order valence-electron chi connectivity index (χ4n) is 1.04. The van der Waals surface area contributed by atoms with Crippen LogP contribution in [0.4, 0.5) is 0 Å². The van der Waals surface area contributed by atoms with E-state index in [4.69, 9.17) is 5.11 Å². The Bertz CT molecular complexity index is 285. The lowest BCUT2D eigenvalue weighted by atomic mass is 10.2. The Morgan fingerprint density at radius 3 is 2.44 bits per heavy atom. The fourth-order valence-corrected chi connectivity index (χ4v) is 1.04. The topological polar surface area (TPSA) is 95.9 Å². The van der Waals surface area contributed by atoms with Crippen LogP contribution in [0.25, 0.3) is 0 Å². The Labute approximate surface area is 93.9 Å². The van der Waals surface area contributed by atoms with Crippen molar-refractivity contribution in [2.45, 2.75) is 32.9 Å². The highest BCUT2D eigenvalue weighted by atomic mass is 16.5. The summed E-state index contributed by atoms with van der Waals surface area (Å²) in [4.78, 5) is 21.7. The molecule has 0 fully saturated rings. The van der Waals surface area contributed by atoms with Gasteiger partial charge in [0, 0.05) is 11.8 Å². The smallest absolute Gasteiger partial charge is 0.332 e.